The number of amides is 1. The van der Waals surface area contributed by atoms with Gasteiger partial charge in [0, 0.05) is 32.2 Å². The van der Waals surface area contributed by atoms with Gasteiger partial charge >= 0.3 is 0 Å². The number of likely N-dealkylation sites (tertiary alicyclic amines) is 1. The van der Waals surface area contributed by atoms with Crippen LogP contribution in [0.1, 0.15) is 27.2 Å². The van der Waals surface area contributed by atoms with Gasteiger partial charge in [-0.25, -0.2) is 0 Å². The minimum atomic E-state index is 0.197. The van der Waals surface area contributed by atoms with Crippen LogP contribution in [0, 0.1) is 5.92 Å². The lowest BCUT2D eigenvalue weighted by molar-refractivity contribution is -0.132. The Morgan fingerprint density at radius 3 is 2.72 bits per heavy atom. The summed E-state index contributed by atoms with van der Waals surface area (Å²) in [6.45, 7) is 13.8. The van der Waals surface area contributed by atoms with Gasteiger partial charge in [-0.3, -0.25) is 9.69 Å². The van der Waals surface area contributed by atoms with E-state index in [0.29, 0.717) is 19.0 Å². The largest absolute Gasteiger partial charge is 0.338 e. The number of hydrogen-bond donors (Lipinski definition) is 1. The molecule has 1 aliphatic rings. The number of carbonyl (C=O) groups is 1. The first-order chi connectivity index (χ1) is 8.43. The fourth-order valence-corrected chi connectivity index (χ4v) is 2.39. The molecule has 0 spiro atoms. The number of nitrogens with zero attached hydrogens (tertiary/aromatic N) is 2. The van der Waals surface area contributed by atoms with Crippen molar-refractivity contribution < 1.29 is 4.79 Å². The van der Waals surface area contributed by atoms with Crippen molar-refractivity contribution >= 4 is 5.91 Å². The minimum absolute atomic E-state index is 0.197. The Labute approximate surface area is 111 Å². The molecule has 18 heavy (non-hydrogen) atoms. The van der Waals surface area contributed by atoms with E-state index in [1.165, 1.54) is 0 Å². The quantitative estimate of drug-likeness (QED) is 0.746. The predicted octanol–water partition coefficient (Wildman–Crippen LogP) is 1.08. The fourth-order valence-electron chi connectivity index (χ4n) is 2.39. The van der Waals surface area contributed by atoms with Gasteiger partial charge in [-0.1, -0.05) is 19.1 Å². The molecule has 2 unspecified atom stereocenters. The first-order valence-electron chi connectivity index (χ1n) is 6.84. The smallest absolute Gasteiger partial charge is 0.237 e. The summed E-state index contributed by atoms with van der Waals surface area (Å²) in [6.07, 6.45) is 0.987. The van der Waals surface area contributed by atoms with E-state index in [1.807, 2.05) is 18.7 Å². The van der Waals surface area contributed by atoms with E-state index in [2.05, 4.69) is 18.4 Å². The zero-order valence-corrected chi connectivity index (χ0v) is 12.0. The lowest BCUT2D eigenvalue weighted by Gasteiger charge is -2.35. The summed E-state index contributed by atoms with van der Waals surface area (Å²) in [7, 11) is 0. The number of piperidine rings is 1. The van der Waals surface area contributed by atoms with Gasteiger partial charge in [0.15, 0.2) is 0 Å². The van der Waals surface area contributed by atoms with Gasteiger partial charge in [0.2, 0.25) is 5.91 Å². The molecule has 1 amide bonds. The Hall–Kier alpha value is -0.870. The van der Waals surface area contributed by atoms with Crippen LogP contribution in [-0.4, -0.2) is 54.5 Å². The maximum atomic E-state index is 12.2. The first kappa shape index (κ1) is 15.2. The van der Waals surface area contributed by atoms with Crippen molar-refractivity contribution in [3.05, 3.63) is 12.2 Å². The molecule has 0 aromatic heterocycles. The van der Waals surface area contributed by atoms with E-state index in [4.69, 9.17) is 5.73 Å². The molecule has 1 saturated heterocycles. The van der Waals surface area contributed by atoms with Gasteiger partial charge in [-0.2, -0.15) is 0 Å². The molecule has 4 heteroatoms. The van der Waals surface area contributed by atoms with Crippen molar-refractivity contribution in [3.63, 3.8) is 0 Å². The van der Waals surface area contributed by atoms with Crippen LogP contribution in [-0.2, 0) is 4.79 Å². The molecule has 0 bridgehead atoms. The summed E-state index contributed by atoms with van der Waals surface area (Å²) < 4.78 is 0. The van der Waals surface area contributed by atoms with Crippen LogP contribution < -0.4 is 5.73 Å². The topological polar surface area (TPSA) is 49.6 Å². The number of nitrogens with two attached hydrogens (primary N) is 1. The summed E-state index contributed by atoms with van der Waals surface area (Å²) in [4.78, 5) is 16.3. The van der Waals surface area contributed by atoms with Gasteiger partial charge in [-0.05, 0) is 26.2 Å². The molecule has 1 rings (SSSR count). The minimum Gasteiger partial charge on any atom is -0.338 e. The highest BCUT2D eigenvalue weighted by atomic mass is 16.2. The van der Waals surface area contributed by atoms with Gasteiger partial charge in [-0.15, -0.1) is 0 Å². The highest BCUT2D eigenvalue weighted by molar-refractivity contribution is 5.78. The summed E-state index contributed by atoms with van der Waals surface area (Å²) in [5, 5.41) is 0. The Morgan fingerprint density at radius 1 is 1.56 bits per heavy atom. The van der Waals surface area contributed by atoms with Gasteiger partial charge in [0.25, 0.3) is 0 Å². The van der Waals surface area contributed by atoms with E-state index in [-0.39, 0.29) is 11.9 Å². The highest BCUT2D eigenvalue weighted by Crippen LogP contribution is 2.14. The molecule has 4 nitrogen and oxygen atoms in total. The Balaban J connectivity index is 2.45. The van der Waals surface area contributed by atoms with Crippen LogP contribution in [0.25, 0.3) is 0 Å². The van der Waals surface area contributed by atoms with Gasteiger partial charge < -0.3 is 10.6 Å². The average Bonchev–Trinajstić information content (AvgIpc) is 2.30. The van der Waals surface area contributed by atoms with E-state index in [9.17, 15) is 4.79 Å². The normalized spacial score (nSPS) is 24.9. The molecular weight excluding hydrogens is 226 g/mol. The fraction of sp³-hybridized carbons (Fsp3) is 0.786. The van der Waals surface area contributed by atoms with Crippen LogP contribution in [0.15, 0.2) is 12.2 Å². The van der Waals surface area contributed by atoms with Crippen LogP contribution in [0.5, 0.6) is 0 Å². The number of likely N-dealkylation sites (N-methyl/N-ethyl adjacent to an activating group) is 1. The van der Waals surface area contributed by atoms with Gasteiger partial charge in [0.05, 0.1) is 6.54 Å². The average molecular weight is 253 g/mol. The maximum Gasteiger partial charge on any atom is 0.237 e. The van der Waals surface area contributed by atoms with E-state index in [1.54, 1.807) is 0 Å². The molecule has 0 aromatic carbocycles. The lowest BCUT2D eigenvalue weighted by Crippen LogP contribution is -2.49. The number of rotatable bonds is 5. The van der Waals surface area contributed by atoms with Crippen LogP contribution >= 0.6 is 0 Å². The molecule has 2 N–H and O–H groups in total. The lowest BCUT2D eigenvalue weighted by atomic mass is 9.95. The standard InChI is InChI=1S/C14H27N3O/c1-5-17(8-11(2)3)14(18)10-16-7-6-13(15)12(4)9-16/h12-13H,2,5-10,15H2,1,3-4H3. The molecule has 2 atom stereocenters. The molecule has 0 saturated carbocycles. The molecule has 1 aliphatic heterocycles. The number of carbonyl (C=O) groups excluding carboxylic acids is 1. The van der Waals surface area contributed by atoms with Crippen molar-refractivity contribution in [2.45, 2.75) is 33.2 Å². The molecule has 1 heterocycles. The van der Waals surface area contributed by atoms with Crippen LogP contribution in [0.4, 0.5) is 0 Å². The maximum absolute atomic E-state index is 12.2. The summed E-state index contributed by atoms with van der Waals surface area (Å²) >= 11 is 0. The number of hydrogen-bond acceptors (Lipinski definition) is 3. The SMILES string of the molecule is C=C(C)CN(CC)C(=O)CN1CCC(N)C(C)C1. The monoisotopic (exact) mass is 253 g/mol. The second kappa shape index (κ2) is 6.90. The third-order valence-corrected chi connectivity index (χ3v) is 3.61. The molecule has 0 aliphatic carbocycles. The molecular formula is C14H27N3O. The Bertz CT molecular complexity index is 303. The first-order valence-corrected chi connectivity index (χ1v) is 6.84. The second-order valence-corrected chi connectivity index (χ2v) is 5.53. The molecule has 1 fully saturated rings. The Morgan fingerprint density at radius 2 is 2.22 bits per heavy atom. The predicted molar refractivity (Wildman–Crippen MR) is 75.3 cm³/mol. The van der Waals surface area contributed by atoms with E-state index >= 15 is 0 Å². The van der Waals surface area contributed by atoms with Crippen LogP contribution in [0.2, 0.25) is 0 Å². The zero-order chi connectivity index (χ0) is 13.7. The van der Waals surface area contributed by atoms with Crippen molar-refractivity contribution in [1.29, 1.82) is 0 Å². The third kappa shape index (κ3) is 4.42. The van der Waals surface area contributed by atoms with E-state index in [0.717, 1.165) is 31.6 Å². The van der Waals surface area contributed by atoms with Gasteiger partial charge in [0.1, 0.15) is 0 Å². The highest BCUT2D eigenvalue weighted by Gasteiger charge is 2.25. The summed E-state index contributed by atoms with van der Waals surface area (Å²) in [6, 6.07) is 0.286. The summed E-state index contributed by atoms with van der Waals surface area (Å²) in [5.41, 5.74) is 7.02. The van der Waals surface area contributed by atoms with Crippen molar-refractivity contribution in [3.8, 4) is 0 Å². The van der Waals surface area contributed by atoms with Crippen LogP contribution in [0.3, 0.4) is 0 Å². The third-order valence-electron chi connectivity index (χ3n) is 3.61. The Kier molecular flexibility index (Phi) is 5.82. The molecule has 0 aromatic rings. The van der Waals surface area contributed by atoms with Crippen molar-refractivity contribution in [2.75, 3.05) is 32.7 Å². The van der Waals surface area contributed by atoms with Crippen molar-refractivity contribution in [2.24, 2.45) is 11.7 Å². The molecule has 0 radical (unpaired) electrons. The second-order valence-electron chi connectivity index (χ2n) is 5.53. The van der Waals surface area contributed by atoms with Crippen molar-refractivity contribution in [1.82, 2.24) is 9.80 Å². The molecule has 104 valence electrons. The zero-order valence-electron chi connectivity index (χ0n) is 12.0. The van der Waals surface area contributed by atoms with E-state index < -0.39 is 0 Å². The summed E-state index contributed by atoms with van der Waals surface area (Å²) in [5.74, 6) is 0.672.